The average molecular weight is 419 g/mol. The number of nitrogens with one attached hydrogen (secondary N) is 1. The van der Waals surface area contributed by atoms with Crippen molar-refractivity contribution < 1.29 is 4.79 Å². The van der Waals surface area contributed by atoms with E-state index in [1.807, 2.05) is 68.0 Å². The summed E-state index contributed by atoms with van der Waals surface area (Å²) in [6.07, 6.45) is 5.29. The number of pyridine rings is 1. The lowest BCUT2D eigenvalue weighted by Crippen LogP contribution is -2.18. The molecule has 0 aliphatic heterocycles. The van der Waals surface area contributed by atoms with Crippen LogP contribution in [0.25, 0.3) is 16.9 Å². The van der Waals surface area contributed by atoms with Gasteiger partial charge in [0.15, 0.2) is 0 Å². The Morgan fingerprint density at radius 3 is 2.60 bits per heavy atom. The molecule has 0 aliphatic carbocycles. The molecule has 4 aromatic rings. The Kier molecular flexibility index (Phi) is 5.50. The molecule has 1 amide bonds. The summed E-state index contributed by atoms with van der Waals surface area (Å²) in [6, 6.07) is 11.5. The van der Waals surface area contributed by atoms with Gasteiger partial charge in [0.25, 0.3) is 5.91 Å². The average Bonchev–Trinajstić information content (AvgIpc) is 3.17. The van der Waals surface area contributed by atoms with Gasteiger partial charge in [-0.15, -0.1) is 11.8 Å². The van der Waals surface area contributed by atoms with Crippen LogP contribution >= 0.6 is 11.8 Å². The minimum absolute atomic E-state index is 0.197. The highest BCUT2D eigenvalue weighted by Gasteiger charge is 2.19. The molecule has 1 aromatic carbocycles. The fourth-order valence-electron chi connectivity index (χ4n) is 3.17. The Bertz CT molecular complexity index is 1220. The molecule has 1 N–H and O–H groups in total. The standard InChI is InChI=1S/C22H22N6OS/c1-13(2)20-25-14(3)19(22(27-20)30-4)21(29)26-15-9-10-18(23-11-15)28-12-24-16-7-5-6-8-17(16)28/h5-13H,1-4H3,(H,26,29). The Labute approximate surface area is 179 Å². The Morgan fingerprint density at radius 1 is 1.10 bits per heavy atom. The van der Waals surface area contributed by atoms with Crippen LogP contribution in [0.4, 0.5) is 5.69 Å². The second-order valence-electron chi connectivity index (χ2n) is 7.17. The number of thioether (sulfide) groups is 1. The molecule has 30 heavy (non-hydrogen) atoms. The number of hydrogen-bond donors (Lipinski definition) is 1. The van der Waals surface area contributed by atoms with Gasteiger partial charge in [-0.2, -0.15) is 0 Å². The van der Waals surface area contributed by atoms with E-state index in [4.69, 9.17) is 0 Å². The minimum Gasteiger partial charge on any atom is -0.320 e. The lowest BCUT2D eigenvalue weighted by Gasteiger charge is -2.13. The summed E-state index contributed by atoms with van der Waals surface area (Å²) in [5.41, 5.74) is 3.65. The maximum atomic E-state index is 12.9. The maximum absolute atomic E-state index is 12.9. The van der Waals surface area contributed by atoms with E-state index in [1.165, 1.54) is 11.8 Å². The predicted octanol–water partition coefficient (Wildman–Crippen LogP) is 4.62. The van der Waals surface area contributed by atoms with Crippen LogP contribution < -0.4 is 5.32 Å². The zero-order valence-corrected chi connectivity index (χ0v) is 18.1. The molecule has 0 saturated heterocycles. The second kappa shape index (κ2) is 8.23. The molecule has 4 rings (SSSR count). The van der Waals surface area contributed by atoms with Crippen molar-refractivity contribution in [1.82, 2.24) is 24.5 Å². The zero-order valence-electron chi connectivity index (χ0n) is 17.2. The first-order valence-corrected chi connectivity index (χ1v) is 10.8. The van der Waals surface area contributed by atoms with Gasteiger partial charge in [0.1, 0.15) is 23.0 Å². The monoisotopic (exact) mass is 418 g/mol. The quantitative estimate of drug-likeness (QED) is 0.376. The molecule has 0 aliphatic rings. The van der Waals surface area contributed by atoms with Crippen LogP contribution in [-0.2, 0) is 0 Å². The second-order valence-corrected chi connectivity index (χ2v) is 7.96. The Morgan fingerprint density at radius 2 is 1.90 bits per heavy atom. The van der Waals surface area contributed by atoms with E-state index in [0.29, 0.717) is 22.0 Å². The van der Waals surface area contributed by atoms with Crippen LogP contribution in [0.3, 0.4) is 0 Å². The molecular formula is C22H22N6OS. The number of imidazole rings is 1. The van der Waals surface area contributed by atoms with Crippen molar-refractivity contribution in [3.8, 4) is 5.82 Å². The summed E-state index contributed by atoms with van der Waals surface area (Å²) in [5, 5.41) is 3.59. The van der Waals surface area contributed by atoms with Gasteiger partial charge in [0.05, 0.1) is 34.2 Å². The zero-order chi connectivity index (χ0) is 21.3. The number of hydrogen-bond acceptors (Lipinski definition) is 6. The van der Waals surface area contributed by atoms with E-state index >= 15 is 0 Å². The summed E-state index contributed by atoms with van der Waals surface area (Å²) >= 11 is 1.44. The van der Waals surface area contributed by atoms with Gasteiger partial charge < -0.3 is 5.32 Å². The molecule has 0 atom stereocenters. The predicted molar refractivity (Wildman–Crippen MR) is 119 cm³/mol. The fraction of sp³-hybridized carbons (Fsp3) is 0.227. The number of carbonyl (C=O) groups is 1. The van der Waals surface area contributed by atoms with Gasteiger partial charge in [-0.1, -0.05) is 26.0 Å². The van der Waals surface area contributed by atoms with Gasteiger partial charge in [-0.3, -0.25) is 9.36 Å². The molecule has 0 fully saturated rings. The SMILES string of the molecule is CSc1nc(C(C)C)nc(C)c1C(=O)Nc1ccc(-n2cnc3ccccc32)nc1. The van der Waals surface area contributed by atoms with Crippen molar-refractivity contribution in [3.63, 3.8) is 0 Å². The number of nitrogens with zero attached hydrogens (tertiary/aromatic N) is 5. The number of para-hydroxylation sites is 2. The minimum atomic E-state index is -0.241. The van der Waals surface area contributed by atoms with E-state index in [-0.39, 0.29) is 11.8 Å². The normalized spacial score (nSPS) is 11.2. The van der Waals surface area contributed by atoms with Gasteiger partial charge in [0.2, 0.25) is 0 Å². The molecular weight excluding hydrogens is 396 g/mol. The number of rotatable bonds is 5. The first-order valence-electron chi connectivity index (χ1n) is 9.60. The highest BCUT2D eigenvalue weighted by molar-refractivity contribution is 7.98. The van der Waals surface area contributed by atoms with E-state index < -0.39 is 0 Å². The van der Waals surface area contributed by atoms with Gasteiger partial charge in [-0.25, -0.2) is 19.9 Å². The molecule has 3 aromatic heterocycles. The van der Waals surface area contributed by atoms with Crippen molar-refractivity contribution in [3.05, 3.63) is 66.0 Å². The third-order valence-electron chi connectivity index (χ3n) is 4.72. The first-order chi connectivity index (χ1) is 14.5. The Balaban J connectivity index is 1.59. The molecule has 0 saturated carbocycles. The summed E-state index contributed by atoms with van der Waals surface area (Å²) < 4.78 is 1.91. The van der Waals surface area contributed by atoms with Crippen molar-refractivity contribution in [1.29, 1.82) is 0 Å². The highest BCUT2D eigenvalue weighted by Crippen LogP contribution is 2.24. The van der Waals surface area contributed by atoms with Gasteiger partial charge in [0, 0.05) is 5.92 Å². The number of carbonyl (C=O) groups excluding carboxylic acids is 1. The lowest BCUT2D eigenvalue weighted by atomic mass is 10.1. The molecule has 152 valence electrons. The summed E-state index contributed by atoms with van der Waals surface area (Å²) in [6.45, 7) is 5.92. The number of fused-ring (bicyclic) bond motifs is 1. The number of aryl methyl sites for hydroxylation is 1. The van der Waals surface area contributed by atoms with Gasteiger partial charge in [-0.05, 0) is 37.4 Å². The maximum Gasteiger partial charge on any atom is 0.260 e. The van der Waals surface area contributed by atoms with Crippen LogP contribution in [0.1, 0.15) is 41.6 Å². The number of benzene rings is 1. The lowest BCUT2D eigenvalue weighted by molar-refractivity contribution is 0.102. The third-order valence-corrected chi connectivity index (χ3v) is 5.40. The van der Waals surface area contributed by atoms with Crippen LogP contribution in [0, 0.1) is 6.92 Å². The summed E-state index contributed by atoms with van der Waals surface area (Å²) in [5.74, 6) is 1.43. The molecule has 8 heteroatoms. The Hall–Kier alpha value is -3.26. The van der Waals surface area contributed by atoms with E-state index in [0.717, 1.165) is 22.7 Å². The number of anilines is 1. The van der Waals surface area contributed by atoms with Crippen molar-refractivity contribution in [2.75, 3.05) is 11.6 Å². The first kappa shape index (κ1) is 20.0. The van der Waals surface area contributed by atoms with E-state index in [1.54, 1.807) is 12.5 Å². The van der Waals surface area contributed by atoms with Crippen LogP contribution in [0.15, 0.2) is 53.9 Å². The smallest absolute Gasteiger partial charge is 0.260 e. The van der Waals surface area contributed by atoms with Crippen molar-refractivity contribution in [2.45, 2.75) is 31.7 Å². The topological polar surface area (TPSA) is 85.6 Å². The van der Waals surface area contributed by atoms with Gasteiger partial charge >= 0.3 is 0 Å². The molecule has 0 spiro atoms. The largest absolute Gasteiger partial charge is 0.320 e. The van der Waals surface area contributed by atoms with Crippen LogP contribution in [0.5, 0.6) is 0 Å². The van der Waals surface area contributed by atoms with Crippen LogP contribution in [0.2, 0.25) is 0 Å². The molecule has 0 unspecified atom stereocenters. The summed E-state index contributed by atoms with van der Waals surface area (Å²) in [7, 11) is 0. The van der Waals surface area contributed by atoms with Crippen molar-refractivity contribution >= 4 is 34.4 Å². The summed E-state index contributed by atoms with van der Waals surface area (Å²) in [4.78, 5) is 30.9. The number of aromatic nitrogens is 5. The number of amides is 1. The van der Waals surface area contributed by atoms with E-state index in [9.17, 15) is 4.79 Å². The van der Waals surface area contributed by atoms with Crippen LogP contribution in [-0.4, -0.2) is 36.7 Å². The molecule has 3 heterocycles. The van der Waals surface area contributed by atoms with Crippen molar-refractivity contribution in [2.24, 2.45) is 0 Å². The fourth-order valence-corrected chi connectivity index (χ4v) is 3.80. The molecule has 0 bridgehead atoms. The third kappa shape index (κ3) is 3.78. The van der Waals surface area contributed by atoms with E-state index in [2.05, 4.69) is 25.3 Å². The molecule has 7 nitrogen and oxygen atoms in total. The molecule has 0 radical (unpaired) electrons. The highest BCUT2D eigenvalue weighted by atomic mass is 32.2.